The van der Waals surface area contributed by atoms with Crippen molar-refractivity contribution in [1.29, 1.82) is 0 Å². The zero-order valence-electron chi connectivity index (χ0n) is 8.55. The van der Waals surface area contributed by atoms with Crippen molar-refractivity contribution in [3.05, 3.63) is 35.9 Å². The van der Waals surface area contributed by atoms with Crippen molar-refractivity contribution in [2.24, 2.45) is 0 Å². The molecule has 1 rings (SSSR count). The van der Waals surface area contributed by atoms with Crippen LogP contribution in [0.15, 0.2) is 30.3 Å². The third-order valence-corrected chi connectivity index (χ3v) is 2.30. The highest BCUT2D eigenvalue weighted by molar-refractivity contribution is 5.73. The summed E-state index contributed by atoms with van der Waals surface area (Å²) in [6, 6.07) is 9.00. The maximum atomic E-state index is 10.6. The number of aliphatic hydroxyl groups excluding tert-OH is 1. The number of aliphatic carboxylic acids is 1. The molecule has 0 bridgehead atoms. The van der Waals surface area contributed by atoms with E-state index < -0.39 is 18.1 Å². The van der Waals surface area contributed by atoms with Gasteiger partial charge in [-0.25, -0.2) is 4.79 Å². The molecule has 0 radical (unpaired) electrons. The van der Waals surface area contributed by atoms with Crippen molar-refractivity contribution in [1.82, 2.24) is 5.32 Å². The SMILES string of the molecule is CN[C@@H](Cc1ccccc1)[C@H](O)C(=O)O. The Bertz CT molecular complexity index is 313. The average Bonchev–Trinajstić information content (AvgIpc) is 2.26. The Hall–Kier alpha value is -1.39. The minimum Gasteiger partial charge on any atom is -0.479 e. The monoisotopic (exact) mass is 209 g/mol. The molecule has 4 nitrogen and oxygen atoms in total. The summed E-state index contributed by atoms with van der Waals surface area (Å²) in [6.07, 6.45) is -0.889. The Morgan fingerprint density at radius 3 is 2.47 bits per heavy atom. The molecule has 15 heavy (non-hydrogen) atoms. The number of carboxylic acid groups (broad SMARTS) is 1. The van der Waals surface area contributed by atoms with Crippen molar-refractivity contribution in [3.63, 3.8) is 0 Å². The lowest BCUT2D eigenvalue weighted by molar-refractivity contribution is -0.148. The van der Waals surface area contributed by atoms with E-state index in [1.807, 2.05) is 30.3 Å². The quantitative estimate of drug-likeness (QED) is 0.650. The van der Waals surface area contributed by atoms with Crippen LogP contribution in [-0.4, -0.2) is 35.4 Å². The maximum absolute atomic E-state index is 10.6. The van der Waals surface area contributed by atoms with Gasteiger partial charge in [-0.3, -0.25) is 0 Å². The largest absolute Gasteiger partial charge is 0.479 e. The molecule has 0 saturated heterocycles. The number of rotatable bonds is 5. The molecular weight excluding hydrogens is 194 g/mol. The first-order valence-electron chi connectivity index (χ1n) is 4.77. The van der Waals surface area contributed by atoms with E-state index in [0.29, 0.717) is 6.42 Å². The van der Waals surface area contributed by atoms with Crippen LogP contribution < -0.4 is 5.32 Å². The summed E-state index contributed by atoms with van der Waals surface area (Å²) in [4.78, 5) is 10.6. The van der Waals surface area contributed by atoms with Crippen LogP contribution in [0.25, 0.3) is 0 Å². The number of nitrogens with one attached hydrogen (secondary N) is 1. The Balaban J connectivity index is 2.66. The van der Waals surface area contributed by atoms with Crippen molar-refractivity contribution < 1.29 is 15.0 Å². The molecule has 0 fully saturated rings. The molecule has 0 aromatic heterocycles. The average molecular weight is 209 g/mol. The van der Waals surface area contributed by atoms with E-state index in [1.165, 1.54) is 0 Å². The Morgan fingerprint density at radius 2 is 2.00 bits per heavy atom. The van der Waals surface area contributed by atoms with Gasteiger partial charge in [-0.1, -0.05) is 30.3 Å². The van der Waals surface area contributed by atoms with E-state index >= 15 is 0 Å². The summed E-state index contributed by atoms with van der Waals surface area (Å²) in [6.45, 7) is 0. The number of carbonyl (C=O) groups is 1. The van der Waals surface area contributed by atoms with Crippen LogP contribution >= 0.6 is 0 Å². The fourth-order valence-corrected chi connectivity index (χ4v) is 1.41. The minimum atomic E-state index is -1.38. The molecule has 1 aromatic rings. The first kappa shape index (κ1) is 11.7. The highest BCUT2D eigenvalue weighted by atomic mass is 16.4. The molecule has 1 aromatic carbocycles. The summed E-state index contributed by atoms with van der Waals surface area (Å²) < 4.78 is 0. The van der Waals surface area contributed by atoms with Gasteiger partial charge in [-0.15, -0.1) is 0 Å². The topological polar surface area (TPSA) is 69.6 Å². The zero-order valence-corrected chi connectivity index (χ0v) is 8.55. The lowest BCUT2D eigenvalue weighted by atomic mass is 10.0. The van der Waals surface area contributed by atoms with Crippen LogP contribution in [0.3, 0.4) is 0 Å². The summed E-state index contributed by atoms with van der Waals surface area (Å²) in [7, 11) is 1.64. The van der Waals surface area contributed by atoms with E-state index in [9.17, 15) is 9.90 Å². The molecule has 0 unspecified atom stereocenters. The van der Waals surface area contributed by atoms with Gasteiger partial charge in [-0.05, 0) is 19.0 Å². The fraction of sp³-hybridized carbons (Fsp3) is 0.364. The third kappa shape index (κ3) is 3.34. The highest BCUT2D eigenvalue weighted by Gasteiger charge is 2.24. The van der Waals surface area contributed by atoms with Crippen molar-refractivity contribution in [3.8, 4) is 0 Å². The molecule has 0 spiro atoms. The molecule has 82 valence electrons. The maximum Gasteiger partial charge on any atom is 0.334 e. The Kier molecular flexibility index (Phi) is 4.27. The van der Waals surface area contributed by atoms with Crippen molar-refractivity contribution in [2.45, 2.75) is 18.6 Å². The van der Waals surface area contributed by atoms with Crippen LogP contribution in [-0.2, 0) is 11.2 Å². The van der Waals surface area contributed by atoms with Gasteiger partial charge in [0.1, 0.15) is 0 Å². The van der Waals surface area contributed by atoms with Gasteiger partial charge in [0.05, 0.1) is 0 Å². The lowest BCUT2D eigenvalue weighted by Gasteiger charge is -2.19. The molecule has 0 aliphatic carbocycles. The Morgan fingerprint density at radius 1 is 1.40 bits per heavy atom. The van der Waals surface area contributed by atoms with Crippen molar-refractivity contribution >= 4 is 5.97 Å². The van der Waals surface area contributed by atoms with E-state index in [2.05, 4.69) is 5.32 Å². The van der Waals surface area contributed by atoms with Gasteiger partial charge in [0.25, 0.3) is 0 Å². The summed E-state index contributed by atoms with van der Waals surface area (Å²) in [5, 5.41) is 20.9. The molecule has 4 heteroatoms. The second kappa shape index (κ2) is 5.48. The number of benzene rings is 1. The first-order chi connectivity index (χ1) is 7.15. The van der Waals surface area contributed by atoms with Crippen LogP contribution in [0, 0.1) is 0 Å². The molecule has 0 aliphatic heterocycles. The van der Waals surface area contributed by atoms with Gasteiger partial charge in [0.2, 0.25) is 0 Å². The second-order valence-electron chi connectivity index (χ2n) is 3.37. The molecule has 0 saturated carbocycles. The number of hydrogen-bond acceptors (Lipinski definition) is 3. The molecule has 0 aliphatic rings. The van der Waals surface area contributed by atoms with E-state index in [-0.39, 0.29) is 0 Å². The summed E-state index contributed by atoms with van der Waals surface area (Å²) >= 11 is 0. The summed E-state index contributed by atoms with van der Waals surface area (Å²) in [5.41, 5.74) is 0.997. The predicted molar refractivity (Wildman–Crippen MR) is 56.6 cm³/mol. The third-order valence-electron chi connectivity index (χ3n) is 2.30. The van der Waals surface area contributed by atoms with E-state index in [1.54, 1.807) is 7.05 Å². The number of carboxylic acids is 1. The van der Waals surface area contributed by atoms with E-state index in [4.69, 9.17) is 5.11 Å². The van der Waals surface area contributed by atoms with Gasteiger partial charge < -0.3 is 15.5 Å². The number of likely N-dealkylation sites (N-methyl/N-ethyl adjacent to an activating group) is 1. The van der Waals surface area contributed by atoms with Crippen LogP contribution in [0.5, 0.6) is 0 Å². The van der Waals surface area contributed by atoms with Crippen LogP contribution in [0.2, 0.25) is 0 Å². The molecule has 0 amide bonds. The van der Waals surface area contributed by atoms with Gasteiger partial charge in [0.15, 0.2) is 6.10 Å². The molecule has 0 heterocycles. The molecule has 3 N–H and O–H groups in total. The number of hydrogen-bond donors (Lipinski definition) is 3. The summed E-state index contributed by atoms with van der Waals surface area (Å²) in [5.74, 6) is -1.20. The smallest absolute Gasteiger partial charge is 0.334 e. The standard InChI is InChI=1S/C11H15NO3/c1-12-9(10(13)11(14)15)7-8-5-3-2-4-6-8/h2-6,9-10,12-13H,7H2,1H3,(H,14,15)/t9-,10-/m0/s1. The van der Waals surface area contributed by atoms with Gasteiger partial charge in [-0.2, -0.15) is 0 Å². The minimum absolute atomic E-state index is 0.468. The highest BCUT2D eigenvalue weighted by Crippen LogP contribution is 2.06. The molecular formula is C11H15NO3. The van der Waals surface area contributed by atoms with Gasteiger partial charge in [0, 0.05) is 6.04 Å². The fourth-order valence-electron chi connectivity index (χ4n) is 1.41. The Labute approximate surface area is 88.6 Å². The first-order valence-corrected chi connectivity index (χ1v) is 4.77. The van der Waals surface area contributed by atoms with Crippen LogP contribution in [0.4, 0.5) is 0 Å². The predicted octanol–water partition coefficient (Wildman–Crippen LogP) is 0.263. The van der Waals surface area contributed by atoms with E-state index in [0.717, 1.165) is 5.56 Å². The zero-order chi connectivity index (χ0) is 11.3. The number of aliphatic hydroxyl groups is 1. The normalized spacial score (nSPS) is 14.5. The lowest BCUT2D eigenvalue weighted by Crippen LogP contribution is -2.44. The van der Waals surface area contributed by atoms with Gasteiger partial charge >= 0.3 is 5.97 Å². The van der Waals surface area contributed by atoms with Crippen molar-refractivity contribution in [2.75, 3.05) is 7.05 Å². The molecule has 2 atom stereocenters. The second-order valence-corrected chi connectivity index (χ2v) is 3.37. The van der Waals surface area contributed by atoms with Crippen LogP contribution in [0.1, 0.15) is 5.56 Å².